The third-order valence-corrected chi connectivity index (χ3v) is 4.51. The Balaban J connectivity index is 2.25. The van der Waals surface area contributed by atoms with E-state index in [4.69, 9.17) is 29.6 Å². The molecule has 110 valence electrons. The van der Waals surface area contributed by atoms with Crippen LogP contribution in [0.4, 0.5) is 0 Å². The highest BCUT2D eigenvalue weighted by Gasteiger charge is 2.20. The molecule has 0 bridgehead atoms. The molecule has 21 heavy (non-hydrogen) atoms. The standard InChI is InChI=1S/C13H12ClN3O2S2/c14-10-4-1-3-9(7-10)8-17-21(18,19)11-5-2-6-16-12(11)13(15)20/h1-7,17H,8H2,(H2,15,20). The van der Waals surface area contributed by atoms with Gasteiger partial charge in [-0.1, -0.05) is 36.0 Å². The largest absolute Gasteiger partial charge is 0.388 e. The summed E-state index contributed by atoms with van der Waals surface area (Å²) in [5.41, 5.74) is 6.32. The second-order valence-electron chi connectivity index (χ2n) is 4.17. The lowest BCUT2D eigenvalue weighted by Crippen LogP contribution is -2.27. The minimum absolute atomic E-state index is 0.0421. The molecule has 0 aliphatic heterocycles. The van der Waals surface area contributed by atoms with Crippen LogP contribution in [0.25, 0.3) is 0 Å². The fourth-order valence-electron chi connectivity index (χ4n) is 1.70. The summed E-state index contributed by atoms with van der Waals surface area (Å²) in [6.07, 6.45) is 1.44. The van der Waals surface area contributed by atoms with Crippen LogP contribution >= 0.6 is 23.8 Å². The molecule has 0 fully saturated rings. The van der Waals surface area contributed by atoms with E-state index in [-0.39, 0.29) is 22.1 Å². The molecule has 2 rings (SSSR count). The van der Waals surface area contributed by atoms with Gasteiger partial charge in [-0.2, -0.15) is 0 Å². The number of halogens is 1. The number of hydrogen-bond acceptors (Lipinski definition) is 4. The van der Waals surface area contributed by atoms with Gasteiger partial charge in [0.2, 0.25) is 10.0 Å². The van der Waals surface area contributed by atoms with Crippen LogP contribution in [0, 0.1) is 0 Å². The number of sulfonamides is 1. The number of hydrogen-bond donors (Lipinski definition) is 2. The summed E-state index contributed by atoms with van der Waals surface area (Å²) < 4.78 is 27.1. The molecular formula is C13H12ClN3O2S2. The van der Waals surface area contributed by atoms with E-state index in [1.165, 1.54) is 18.3 Å². The Morgan fingerprint density at radius 2 is 2.10 bits per heavy atom. The number of thiocarbonyl (C=S) groups is 1. The fourth-order valence-corrected chi connectivity index (χ4v) is 3.32. The number of rotatable bonds is 5. The zero-order valence-electron chi connectivity index (χ0n) is 10.8. The molecule has 0 saturated heterocycles. The third kappa shape index (κ3) is 3.98. The molecular weight excluding hydrogens is 330 g/mol. The maximum atomic E-state index is 12.3. The minimum atomic E-state index is -3.77. The number of nitrogens with zero attached hydrogens (tertiary/aromatic N) is 1. The summed E-state index contributed by atoms with van der Waals surface area (Å²) in [5, 5.41) is 0.539. The van der Waals surface area contributed by atoms with Crippen molar-refractivity contribution < 1.29 is 8.42 Å². The highest BCUT2D eigenvalue weighted by Crippen LogP contribution is 2.15. The Hall–Kier alpha value is -1.54. The zero-order chi connectivity index (χ0) is 15.5. The van der Waals surface area contributed by atoms with E-state index in [1.54, 1.807) is 24.3 Å². The molecule has 0 aliphatic rings. The summed E-state index contributed by atoms with van der Waals surface area (Å²) in [7, 11) is -3.77. The maximum Gasteiger partial charge on any atom is 0.243 e. The Kier molecular flexibility index (Phi) is 4.89. The predicted molar refractivity (Wildman–Crippen MR) is 85.6 cm³/mol. The lowest BCUT2D eigenvalue weighted by molar-refractivity contribution is 0.580. The zero-order valence-corrected chi connectivity index (χ0v) is 13.2. The molecule has 8 heteroatoms. The first kappa shape index (κ1) is 15.8. The van der Waals surface area contributed by atoms with Gasteiger partial charge < -0.3 is 5.73 Å². The number of nitrogens with two attached hydrogens (primary N) is 1. The van der Waals surface area contributed by atoms with E-state index in [1.807, 2.05) is 0 Å². The number of benzene rings is 1. The van der Waals surface area contributed by atoms with Gasteiger partial charge in [0.25, 0.3) is 0 Å². The van der Waals surface area contributed by atoms with Crippen LogP contribution in [0.3, 0.4) is 0 Å². The Labute approximate surface area is 133 Å². The highest BCUT2D eigenvalue weighted by atomic mass is 35.5. The number of pyridine rings is 1. The minimum Gasteiger partial charge on any atom is -0.388 e. The van der Waals surface area contributed by atoms with Gasteiger partial charge in [-0.05, 0) is 29.8 Å². The van der Waals surface area contributed by atoms with Crippen molar-refractivity contribution in [2.75, 3.05) is 0 Å². The molecule has 0 atom stereocenters. The molecule has 2 aromatic rings. The third-order valence-electron chi connectivity index (χ3n) is 2.65. The van der Waals surface area contributed by atoms with Gasteiger partial charge >= 0.3 is 0 Å². The lowest BCUT2D eigenvalue weighted by atomic mass is 10.2. The molecule has 1 heterocycles. The van der Waals surface area contributed by atoms with Crippen molar-refractivity contribution in [3.8, 4) is 0 Å². The van der Waals surface area contributed by atoms with E-state index in [0.717, 1.165) is 5.56 Å². The van der Waals surface area contributed by atoms with Gasteiger partial charge in [-0.3, -0.25) is 4.98 Å². The molecule has 0 aliphatic carbocycles. The molecule has 0 saturated carbocycles. The lowest BCUT2D eigenvalue weighted by Gasteiger charge is -2.10. The van der Waals surface area contributed by atoms with Crippen molar-refractivity contribution in [1.82, 2.24) is 9.71 Å². The van der Waals surface area contributed by atoms with E-state index in [0.29, 0.717) is 5.02 Å². The summed E-state index contributed by atoms with van der Waals surface area (Å²) >= 11 is 10.7. The van der Waals surface area contributed by atoms with Crippen LogP contribution in [-0.2, 0) is 16.6 Å². The van der Waals surface area contributed by atoms with Crippen LogP contribution in [0.2, 0.25) is 5.02 Å². The SMILES string of the molecule is NC(=S)c1ncccc1S(=O)(=O)NCc1cccc(Cl)c1. The maximum absolute atomic E-state index is 12.3. The van der Waals surface area contributed by atoms with Gasteiger partial charge in [-0.25, -0.2) is 13.1 Å². The van der Waals surface area contributed by atoms with Crippen molar-refractivity contribution >= 4 is 38.8 Å². The topological polar surface area (TPSA) is 85.1 Å². The Morgan fingerprint density at radius 3 is 2.76 bits per heavy atom. The monoisotopic (exact) mass is 341 g/mol. The molecule has 0 spiro atoms. The van der Waals surface area contributed by atoms with Gasteiger partial charge in [0.15, 0.2) is 0 Å². The second kappa shape index (κ2) is 6.48. The van der Waals surface area contributed by atoms with Crippen LogP contribution in [0.5, 0.6) is 0 Å². The van der Waals surface area contributed by atoms with Crippen molar-refractivity contribution in [2.24, 2.45) is 5.73 Å². The average molecular weight is 342 g/mol. The van der Waals surface area contributed by atoms with Crippen LogP contribution in [-0.4, -0.2) is 18.4 Å². The summed E-state index contributed by atoms with van der Waals surface area (Å²) in [4.78, 5) is 3.79. The van der Waals surface area contributed by atoms with Gasteiger partial charge in [0.1, 0.15) is 15.6 Å². The highest BCUT2D eigenvalue weighted by molar-refractivity contribution is 7.89. The number of aromatic nitrogens is 1. The molecule has 1 aromatic carbocycles. The van der Waals surface area contributed by atoms with Gasteiger partial charge in [0.05, 0.1) is 0 Å². The van der Waals surface area contributed by atoms with Crippen molar-refractivity contribution in [3.63, 3.8) is 0 Å². The average Bonchev–Trinajstić information content (AvgIpc) is 2.45. The summed E-state index contributed by atoms with van der Waals surface area (Å²) in [6.45, 7) is 0.106. The van der Waals surface area contributed by atoms with Crippen LogP contribution in [0.1, 0.15) is 11.3 Å². The van der Waals surface area contributed by atoms with Crippen molar-refractivity contribution in [3.05, 3.63) is 58.9 Å². The Bertz CT molecular complexity index is 778. The first-order chi connectivity index (χ1) is 9.90. The fraction of sp³-hybridized carbons (Fsp3) is 0.0769. The smallest absolute Gasteiger partial charge is 0.243 e. The van der Waals surface area contributed by atoms with Gasteiger partial charge in [-0.15, -0.1) is 0 Å². The van der Waals surface area contributed by atoms with Crippen molar-refractivity contribution in [1.29, 1.82) is 0 Å². The first-order valence-electron chi connectivity index (χ1n) is 5.89. The molecule has 5 nitrogen and oxygen atoms in total. The van der Waals surface area contributed by atoms with E-state index in [2.05, 4.69) is 9.71 Å². The number of nitrogens with one attached hydrogen (secondary N) is 1. The normalized spacial score (nSPS) is 11.3. The second-order valence-corrected chi connectivity index (χ2v) is 6.78. The van der Waals surface area contributed by atoms with E-state index in [9.17, 15) is 8.42 Å². The molecule has 0 radical (unpaired) electrons. The summed E-state index contributed by atoms with van der Waals surface area (Å²) in [6, 6.07) is 9.83. The van der Waals surface area contributed by atoms with E-state index < -0.39 is 10.0 Å². The predicted octanol–water partition coefficient (Wildman–Crippen LogP) is 1.85. The molecule has 0 amide bonds. The Morgan fingerprint density at radius 1 is 1.33 bits per heavy atom. The van der Waals surface area contributed by atoms with Crippen molar-refractivity contribution in [2.45, 2.75) is 11.4 Å². The molecule has 3 N–H and O–H groups in total. The van der Waals surface area contributed by atoms with Crippen LogP contribution < -0.4 is 10.5 Å². The molecule has 0 unspecified atom stereocenters. The van der Waals surface area contributed by atoms with E-state index >= 15 is 0 Å². The molecule has 1 aromatic heterocycles. The summed E-state index contributed by atoms with van der Waals surface area (Å²) in [5.74, 6) is 0. The quantitative estimate of drug-likeness (QED) is 0.811. The first-order valence-corrected chi connectivity index (χ1v) is 8.16. The van der Waals surface area contributed by atoms with Gasteiger partial charge in [0, 0.05) is 17.8 Å². The van der Waals surface area contributed by atoms with Crippen LogP contribution in [0.15, 0.2) is 47.5 Å².